The fourth-order valence-corrected chi connectivity index (χ4v) is 15.1. The van der Waals surface area contributed by atoms with E-state index in [9.17, 15) is 19.2 Å². The van der Waals surface area contributed by atoms with Gasteiger partial charge >= 0.3 is 44.9 Å². The van der Waals surface area contributed by atoms with Crippen LogP contribution >= 0.6 is 0 Å². The molecule has 4 heterocycles. The van der Waals surface area contributed by atoms with Gasteiger partial charge in [-0.1, -0.05) is 228 Å². The molecule has 8 aromatic carbocycles. The molecular weight excluding hydrogens is 1530 g/mol. The van der Waals surface area contributed by atoms with Gasteiger partial charge in [-0.25, -0.2) is 29.1 Å². The molecule has 109 heavy (non-hydrogen) atoms. The van der Waals surface area contributed by atoms with Crippen LogP contribution in [0.1, 0.15) is 222 Å². The molecule has 8 bridgehead atoms. The van der Waals surface area contributed by atoms with Gasteiger partial charge in [0, 0.05) is 22.3 Å². The van der Waals surface area contributed by atoms with E-state index in [0.717, 1.165) is 191 Å². The van der Waals surface area contributed by atoms with Crippen LogP contribution in [0.5, 0.6) is 0 Å². The summed E-state index contributed by atoms with van der Waals surface area (Å²) in [4.78, 5) is 83.9. The first-order valence-corrected chi connectivity index (χ1v) is 39.9. The van der Waals surface area contributed by atoms with Crippen molar-refractivity contribution in [3.63, 3.8) is 0 Å². The Balaban J connectivity index is 0.0000111. The Morgan fingerprint density at radius 3 is 0.706 bits per heavy atom. The van der Waals surface area contributed by atoms with Crippen LogP contribution in [0.2, 0.25) is 0 Å². The van der Waals surface area contributed by atoms with Crippen molar-refractivity contribution in [2.24, 2.45) is 0 Å². The molecule has 0 fully saturated rings. The van der Waals surface area contributed by atoms with Crippen molar-refractivity contribution in [1.82, 2.24) is 19.9 Å². The molecule has 10 aromatic rings. The van der Waals surface area contributed by atoms with E-state index in [1.54, 1.807) is 0 Å². The number of carbonyl (C=O) groups excluding carboxylic acids is 4. The summed E-state index contributed by atoms with van der Waals surface area (Å²) in [5.41, 5.74) is 19.4. The Labute approximate surface area is 656 Å². The van der Waals surface area contributed by atoms with E-state index in [2.05, 4.69) is 128 Å². The van der Waals surface area contributed by atoms with Gasteiger partial charge in [-0.05, 0) is 214 Å². The monoisotopic (exact) mass is 1630 g/mol. The van der Waals surface area contributed by atoms with Crippen LogP contribution in [0.3, 0.4) is 0 Å². The van der Waals surface area contributed by atoms with Crippen molar-refractivity contribution in [3.8, 4) is 89.5 Å². The van der Waals surface area contributed by atoms with Gasteiger partial charge in [0.05, 0.1) is 71.5 Å². The van der Waals surface area contributed by atoms with Crippen LogP contribution in [0.4, 0.5) is 0 Å². The van der Waals surface area contributed by atoms with Crippen molar-refractivity contribution >= 4 is 67.5 Å². The zero-order valence-electron chi connectivity index (χ0n) is 64.5. The van der Waals surface area contributed by atoms with E-state index in [1.807, 2.05) is 97.1 Å². The van der Waals surface area contributed by atoms with Gasteiger partial charge < -0.3 is 28.9 Å². The van der Waals surface area contributed by atoms with Crippen molar-refractivity contribution in [3.05, 3.63) is 214 Å². The minimum absolute atomic E-state index is 0. The number of hydrogen-bond acceptors (Lipinski definition) is 10. The number of hydrogen-bond donors (Lipinski definition) is 0. The molecule has 0 amide bonds. The first-order chi connectivity index (χ1) is 52.9. The largest absolute Gasteiger partial charge is 2.00 e. The Kier molecular flexibility index (Phi) is 26.6. The predicted molar refractivity (Wildman–Crippen MR) is 440 cm³/mol. The van der Waals surface area contributed by atoms with Gasteiger partial charge in [-0.15, -0.1) is 22.1 Å². The van der Waals surface area contributed by atoms with Gasteiger partial charge in [0.15, 0.2) is 0 Å². The summed E-state index contributed by atoms with van der Waals surface area (Å²) in [5.74, 6) is -1.64. The maximum absolute atomic E-state index is 14.8. The Hall–Kier alpha value is -10.0. The summed E-state index contributed by atoms with van der Waals surface area (Å²) >= 11 is 0. The summed E-state index contributed by atoms with van der Waals surface area (Å²) in [6, 6.07) is 58.0. The van der Waals surface area contributed by atoms with Crippen LogP contribution in [-0.4, -0.2) is 60.3 Å². The fraction of sp³-hybridized carbons (Fsp3) is 0.333. The molecule has 0 spiro atoms. The fourth-order valence-electron chi connectivity index (χ4n) is 15.1. The topological polar surface area (TPSA) is 159 Å². The third kappa shape index (κ3) is 17.1. The zero-order valence-corrected chi connectivity index (χ0v) is 66.8. The van der Waals surface area contributed by atoms with Gasteiger partial charge in [-0.3, -0.25) is 0 Å². The summed E-state index contributed by atoms with van der Waals surface area (Å²) in [5, 5.41) is 3.29. The summed E-state index contributed by atoms with van der Waals surface area (Å²) in [6.07, 6.45) is 16.3. The maximum Gasteiger partial charge on any atom is 2.00 e. The minimum atomic E-state index is -0.411. The quantitative estimate of drug-likeness (QED) is 0.0223. The number of unbranched alkanes of at least 4 members (excludes halogenated alkanes) is 8. The number of aryl methyl sites for hydroxylation is 4. The molecule has 0 radical (unpaired) electrons. The Morgan fingerprint density at radius 1 is 0.284 bits per heavy atom. The molecular formula is C96H100N4O8Pt. The van der Waals surface area contributed by atoms with E-state index in [-0.39, 0.29) is 47.5 Å². The number of carbonyl (C=O) groups is 4. The number of ether oxygens (including phenoxy) is 4. The van der Waals surface area contributed by atoms with Gasteiger partial charge in [0.1, 0.15) is 0 Å². The smallest absolute Gasteiger partial charge is 0.656 e. The first-order valence-electron chi connectivity index (χ1n) is 39.9. The molecule has 2 aromatic heterocycles. The molecule has 3 aliphatic rings. The third-order valence-corrected chi connectivity index (χ3v) is 20.8. The molecule has 562 valence electrons. The van der Waals surface area contributed by atoms with Gasteiger partial charge in [-0.2, -0.15) is 0 Å². The molecule has 13 heteroatoms. The van der Waals surface area contributed by atoms with Gasteiger partial charge in [0.25, 0.3) is 0 Å². The van der Waals surface area contributed by atoms with Crippen molar-refractivity contribution in [1.29, 1.82) is 0 Å². The van der Waals surface area contributed by atoms with Crippen molar-refractivity contribution in [2.45, 2.75) is 184 Å². The van der Waals surface area contributed by atoms with E-state index in [1.165, 1.54) is 0 Å². The molecule has 13 rings (SSSR count). The van der Waals surface area contributed by atoms with Crippen molar-refractivity contribution < 1.29 is 59.2 Å². The van der Waals surface area contributed by atoms with E-state index in [4.69, 9.17) is 38.9 Å². The average molecular weight is 1630 g/mol. The van der Waals surface area contributed by atoms with E-state index >= 15 is 0 Å². The number of aromatic nitrogens is 4. The zero-order chi connectivity index (χ0) is 75.2. The SMILES string of the molecule is CCCCOC(=O)c1cc(CCCC)cc(-c2c3nc(c(-c4cc(CCCC)cc(C(=O)OCCCC)c4)c4[n-]c(c(-c5cc(CCCC)cc(C(=O)OCCCC)c5)c5nc(c(-c6cc(CCCC)cc(C(=O)OCCCC)c6)c6[n-]c2c2ccccc62)-c2ccccc2-5)c2ccccc42)-c2ccccc2-3)c1.[Pt+2]. The average Bonchev–Trinajstić information content (AvgIpc) is 1.56. The number of esters is 4. The maximum atomic E-state index is 14.8. The predicted octanol–water partition coefficient (Wildman–Crippen LogP) is 24.4. The van der Waals surface area contributed by atoms with Gasteiger partial charge in [0.2, 0.25) is 0 Å². The molecule has 0 saturated heterocycles. The second kappa shape index (κ2) is 36.9. The van der Waals surface area contributed by atoms with Crippen molar-refractivity contribution in [2.75, 3.05) is 26.4 Å². The van der Waals surface area contributed by atoms with E-state index in [0.29, 0.717) is 115 Å². The third-order valence-electron chi connectivity index (χ3n) is 20.8. The summed E-state index contributed by atoms with van der Waals surface area (Å²) in [6.45, 7) is 18.2. The molecule has 0 saturated carbocycles. The molecule has 0 unspecified atom stereocenters. The van der Waals surface area contributed by atoms with Crippen LogP contribution in [0.25, 0.3) is 133 Å². The summed E-state index contributed by atoms with van der Waals surface area (Å²) in [7, 11) is 0. The molecule has 1 aliphatic carbocycles. The van der Waals surface area contributed by atoms with Crippen LogP contribution in [0.15, 0.2) is 170 Å². The normalized spacial score (nSPS) is 11.5. The molecule has 0 atom stereocenters. The minimum Gasteiger partial charge on any atom is -0.656 e. The number of rotatable bonds is 32. The van der Waals surface area contributed by atoms with Crippen LogP contribution in [0, 0.1) is 0 Å². The van der Waals surface area contributed by atoms with E-state index < -0.39 is 23.9 Å². The Morgan fingerprint density at radius 2 is 0.495 bits per heavy atom. The second-order valence-corrected chi connectivity index (χ2v) is 29.0. The summed E-state index contributed by atoms with van der Waals surface area (Å²) < 4.78 is 24.5. The molecule has 0 N–H and O–H groups in total. The standard InChI is InChI=1S/C96H100N4O8.Pt/c1-9-17-33-61-49-65(57-69(53-61)93(101)105-45-21-13-5)81-85-73-37-25-27-39-75(73)87(97-85)82(66-50-62(34-18-10-2)54-70(58-66)94(102)106-46-22-14-6)89-77-41-29-31-43-79(77)91(99-89)84(68-52-64(36-20-12-4)56-72(60-68)96(104)108-48-24-16-8)92-80-44-32-30-42-78(80)90(100-92)83(88-76-40-28-26-38-74(76)86(81)98-88)67-51-63(35-19-11-3)55-71(59-67)95(103)107-47-23-15-7;/h25-32,37-44,49-60H,9-24,33-36,45-48H2,1-8H3;/q-2;+2. The van der Waals surface area contributed by atoms with Crippen LogP contribution in [-0.2, 0) is 65.7 Å². The van der Waals surface area contributed by atoms with Crippen LogP contribution < -0.4 is 9.97 Å². The second-order valence-electron chi connectivity index (χ2n) is 29.0. The molecule has 2 aliphatic heterocycles. The molecule has 12 nitrogen and oxygen atoms in total. The number of benzene rings is 8. The first kappa shape index (κ1) is 78.5. The Bertz CT molecular complexity index is 4710. The number of nitrogens with zero attached hydrogens (tertiary/aromatic N) is 4.